The Morgan fingerprint density at radius 3 is 2.37 bits per heavy atom. The van der Waals surface area contributed by atoms with Gasteiger partial charge in [0.25, 0.3) is 5.91 Å². The van der Waals surface area contributed by atoms with Crippen molar-refractivity contribution in [2.75, 3.05) is 19.1 Å². The lowest BCUT2D eigenvalue weighted by Gasteiger charge is -2.35. The molecule has 0 aliphatic rings. The third-order valence-corrected chi connectivity index (χ3v) is 4.92. The van der Waals surface area contributed by atoms with E-state index in [0.29, 0.717) is 11.3 Å². The van der Waals surface area contributed by atoms with Gasteiger partial charge in [0.15, 0.2) is 6.29 Å². The highest BCUT2D eigenvalue weighted by atomic mass is 16.7. The molecule has 3 aromatic rings. The first-order chi connectivity index (χ1) is 13.0. The molecule has 1 heterocycles. The van der Waals surface area contributed by atoms with Gasteiger partial charge in [-0.05, 0) is 37.8 Å². The molecule has 0 fully saturated rings. The highest BCUT2D eigenvalue weighted by molar-refractivity contribution is 6.12. The van der Waals surface area contributed by atoms with Gasteiger partial charge in [0.1, 0.15) is 5.76 Å². The van der Waals surface area contributed by atoms with E-state index in [1.807, 2.05) is 44.2 Å². The van der Waals surface area contributed by atoms with Crippen LogP contribution >= 0.6 is 0 Å². The number of furan rings is 1. The summed E-state index contributed by atoms with van der Waals surface area (Å²) in [7, 11) is 3.15. The molecule has 142 valence electrons. The third-order valence-electron chi connectivity index (χ3n) is 4.92. The number of nitrogens with zero attached hydrogens (tertiary/aromatic N) is 1. The number of carbonyl (C=O) groups excluding carboxylic acids is 1. The lowest BCUT2D eigenvalue weighted by Crippen LogP contribution is -2.47. The van der Waals surface area contributed by atoms with Crippen molar-refractivity contribution in [1.82, 2.24) is 0 Å². The molecule has 0 N–H and O–H groups in total. The Balaban J connectivity index is 2.23. The molecule has 3 rings (SSSR count). The molecule has 0 saturated heterocycles. The van der Waals surface area contributed by atoms with Crippen molar-refractivity contribution in [3.8, 4) is 0 Å². The number of anilines is 1. The van der Waals surface area contributed by atoms with Crippen LogP contribution in [0, 0.1) is 13.8 Å². The molecular formula is C22H25NO4. The van der Waals surface area contributed by atoms with Crippen molar-refractivity contribution in [2.24, 2.45) is 0 Å². The van der Waals surface area contributed by atoms with Crippen LogP contribution in [0.3, 0.4) is 0 Å². The normalized spacial score (nSPS) is 12.5. The molecule has 0 aliphatic heterocycles. The number of hydrogen-bond donors (Lipinski definition) is 0. The average molecular weight is 367 g/mol. The predicted octanol–water partition coefficient (Wildman–Crippen LogP) is 4.70. The Labute approximate surface area is 159 Å². The first kappa shape index (κ1) is 19.1. The second kappa shape index (κ2) is 7.94. The quantitative estimate of drug-likeness (QED) is 0.593. The van der Waals surface area contributed by atoms with Gasteiger partial charge in [0, 0.05) is 19.6 Å². The van der Waals surface area contributed by atoms with Gasteiger partial charge in [0.05, 0.1) is 23.6 Å². The average Bonchev–Trinajstić information content (AvgIpc) is 3.10. The fourth-order valence-corrected chi connectivity index (χ4v) is 3.52. The lowest BCUT2D eigenvalue weighted by atomic mass is 10.0. The van der Waals surface area contributed by atoms with Crippen LogP contribution in [-0.4, -0.2) is 32.5 Å². The second-order valence-electron chi connectivity index (χ2n) is 6.60. The van der Waals surface area contributed by atoms with E-state index in [1.54, 1.807) is 32.1 Å². The van der Waals surface area contributed by atoms with Gasteiger partial charge in [-0.15, -0.1) is 0 Å². The SMILES string of the molecule is COC(OC)C(C)N(C(=O)c1ccoc1C)c1c(C)ccc2ccccc12. The van der Waals surface area contributed by atoms with Gasteiger partial charge in [-0.1, -0.05) is 36.4 Å². The zero-order chi connectivity index (χ0) is 19.6. The maximum Gasteiger partial charge on any atom is 0.262 e. The highest BCUT2D eigenvalue weighted by Gasteiger charge is 2.32. The standard InChI is InChI=1S/C22H25NO4/c1-14-10-11-17-8-6-7-9-19(17)20(14)23(15(2)22(25-4)26-5)21(24)18-12-13-27-16(18)3/h6-13,15,22H,1-5H3. The van der Waals surface area contributed by atoms with Gasteiger partial charge < -0.3 is 13.9 Å². The highest BCUT2D eigenvalue weighted by Crippen LogP contribution is 2.34. The van der Waals surface area contributed by atoms with Crippen LogP contribution in [0.5, 0.6) is 0 Å². The van der Waals surface area contributed by atoms with Crippen LogP contribution in [0.4, 0.5) is 5.69 Å². The lowest BCUT2D eigenvalue weighted by molar-refractivity contribution is -0.113. The van der Waals surface area contributed by atoms with Crippen molar-refractivity contribution < 1.29 is 18.7 Å². The molecule has 0 saturated carbocycles. The van der Waals surface area contributed by atoms with Crippen molar-refractivity contribution in [1.29, 1.82) is 0 Å². The van der Waals surface area contributed by atoms with Crippen LogP contribution in [0.2, 0.25) is 0 Å². The largest absolute Gasteiger partial charge is 0.469 e. The zero-order valence-corrected chi connectivity index (χ0v) is 16.4. The molecule has 0 aliphatic carbocycles. The van der Waals surface area contributed by atoms with E-state index in [-0.39, 0.29) is 11.9 Å². The van der Waals surface area contributed by atoms with Crippen molar-refractivity contribution >= 4 is 22.4 Å². The van der Waals surface area contributed by atoms with E-state index < -0.39 is 6.29 Å². The molecule has 1 unspecified atom stereocenters. The molecule has 2 aromatic carbocycles. The Hall–Kier alpha value is -2.63. The number of aryl methyl sites for hydroxylation is 2. The van der Waals surface area contributed by atoms with E-state index in [0.717, 1.165) is 22.0 Å². The van der Waals surface area contributed by atoms with Gasteiger partial charge in [-0.3, -0.25) is 9.69 Å². The van der Waals surface area contributed by atoms with E-state index in [4.69, 9.17) is 13.9 Å². The van der Waals surface area contributed by atoms with Gasteiger partial charge in [-0.25, -0.2) is 0 Å². The van der Waals surface area contributed by atoms with Crippen molar-refractivity contribution in [3.63, 3.8) is 0 Å². The number of carbonyl (C=O) groups is 1. The molecule has 1 aromatic heterocycles. The van der Waals surface area contributed by atoms with E-state index in [2.05, 4.69) is 6.07 Å². The van der Waals surface area contributed by atoms with Crippen LogP contribution in [0.1, 0.15) is 28.6 Å². The molecule has 5 nitrogen and oxygen atoms in total. The predicted molar refractivity (Wildman–Crippen MR) is 106 cm³/mol. The van der Waals surface area contributed by atoms with E-state index in [9.17, 15) is 4.79 Å². The summed E-state index contributed by atoms with van der Waals surface area (Å²) < 4.78 is 16.3. The van der Waals surface area contributed by atoms with Crippen LogP contribution in [-0.2, 0) is 9.47 Å². The fourth-order valence-electron chi connectivity index (χ4n) is 3.52. The van der Waals surface area contributed by atoms with E-state index >= 15 is 0 Å². The number of methoxy groups -OCH3 is 2. The fraction of sp³-hybridized carbons (Fsp3) is 0.318. The van der Waals surface area contributed by atoms with Crippen LogP contribution in [0.25, 0.3) is 10.8 Å². The molecule has 0 bridgehead atoms. The minimum Gasteiger partial charge on any atom is -0.469 e. The first-order valence-corrected chi connectivity index (χ1v) is 8.91. The molecule has 1 amide bonds. The summed E-state index contributed by atoms with van der Waals surface area (Å²) in [5.74, 6) is 0.439. The number of ether oxygens (including phenoxy) is 2. The summed E-state index contributed by atoms with van der Waals surface area (Å²) in [6.07, 6.45) is 0.963. The van der Waals surface area contributed by atoms with E-state index in [1.165, 1.54) is 6.26 Å². The number of rotatable bonds is 6. The van der Waals surface area contributed by atoms with Crippen LogP contribution in [0.15, 0.2) is 53.1 Å². The molecule has 1 atom stereocenters. The number of amides is 1. The Bertz CT molecular complexity index is 942. The Kier molecular flexibility index (Phi) is 5.63. The van der Waals surface area contributed by atoms with Gasteiger partial charge in [-0.2, -0.15) is 0 Å². The summed E-state index contributed by atoms with van der Waals surface area (Å²) in [4.78, 5) is 15.3. The maximum absolute atomic E-state index is 13.6. The first-order valence-electron chi connectivity index (χ1n) is 8.91. The molecule has 0 radical (unpaired) electrons. The monoisotopic (exact) mass is 367 g/mol. The van der Waals surface area contributed by atoms with Crippen LogP contribution < -0.4 is 4.90 Å². The molecular weight excluding hydrogens is 342 g/mol. The summed E-state index contributed by atoms with van der Waals surface area (Å²) in [5, 5.41) is 2.07. The Morgan fingerprint density at radius 1 is 1.04 bits per heavy atom. The zero-order valence-electron chi connectivity index (χ0n) is 16.4. The maximum atomic E-state index is 13.6. The van der Waals surface area contributed by atoms with Gasteiger partial charge >= 0.3 is 0 Å². The molecule has 27 heavy (non-hydrogen) atoms. The molecule has 5 heteroatoms. The minimum atomic E-state index is -0.570. The second-order valence-corrected chi connectivity index (χ2v) is 6.60. The Morgan fingerprint density at radius 2 is 1.74 bits per heavy atom. The molecule has 0 spiro atoms. The summed E-state index contributed by atoms with van der Waals surface area (Å²) in [6.45, 7) is 5.72. The third kappa shape index (κ3) is 3.48. The number of hydrogen-bond acceptors (Lipinski definition) is 4. The summed E-state index contributed by atoms with van der Waals surface area (Å²) >= 11 is 0. The number of fused-ring (bicyclic) bond motifs is 1. The number of benzene rings is 2. The summed E-state index contributed by atoms with van der Waals surface area (Å²) in [6, 6.07) is 13.5. The van der Waals surface area contributed by atoms with Crippen molar-refractivity contribution in [2.45, 2.75) is 33.1 Å². The van der Waals surface area contributed by atoms with Gasteiger partial charge in [0.2, 0.25) is 0 Å². The topological polar surface area (TPSA) is 51.9 Å². The summed E-state index contributed by atoms with van der Waals surface area (Å²) in [5.41, 5.74) is 2.38. The smallest absolute Gasteiger partial charge is 0.262 e. The minimum absolute atomic E-state index is 0.146. The van der Waals surface area contributed by atoms with Crippen molar-refractivity contribution in [3.05, 3.63) is 65.6 Å².